The van der Waals surface area contributed by atoms with Crippen molar-refractivity contribution in [2.75, 3.05) is 0 Å². The largest absolute Gasteiger partial charge is 0.479 e. The first-order chi connectivity index (χ1) is 9.25. The molecule has 2 atom stereocenters. The smallest absolute Gasteiger partial charge is 0.344 e. The standard InChI is InChI=1S/C13H10Cl2O5/c14-9(15)5-6-12(19)10(16)7-3-1-2-4-8(7)13(12,20)11(17)18/h1-5,19-20H,6H2,(H,17,18)/t12-,13+/m1/s1. The van der Waals surface area contributed by atoms with Gasteiger partial charge in [-0.2, -0.15) is 0 Å². The van der Waals surface area contributed by atoms with E-state index in [-0.39, 0.29) is 15.6 Å². The molecule has 0 spiro atoms. The summed E-state index contributed by atoms with van der Waals surface area (Å²) in [5.74, 6) is -2.61. The zero-order chi connectivity index (χ0) is 15.1. The van der Waals surface area contributed by atoms with Crippen molar-refractivity contribution in [1.82, 2.24) is 0 Å². The normalized spacial score (nSPS) is 28.1. The van der Waals surface area contributed by atoms with E-state index in [2.05, 4.69) is 0 Å². The molecule has 0 aliphatic heterocycles. The summed E-state index contributed by atoms with van der Waals surface area (Å²) >= 11 is 10.8. The third-order valence-electron chi connectivity index (χ3n) is 3.40. The summed E-state index contributed by atoms with van der Waals surface area (Å²) in [7, 11) is 0. The Balaban J connectivity index is 2.67. The third kappa shape index (κ3) is 1.86. The molecule has 0 radical (unpaired) electrons. The lowest BCUT2D eigenvalue weighted by molar-refractivity contribution is -0.183. The van der Waals surface area contributed by atoms with E-state index >= 15 is 0 Å². The molecular formula is C13H10Cl2O5. The number of hydrogen-bond acceptors (Lipinski definition) is 4. The fourth-order valence-electron chi connectivity index (χ4n) is 2.36. The molecule has 2 rings (SSSR count). The highest BCUT2D eigenvalue weighted by Crippen LogP contribution is 2.46. The summed E-state index contributed by atoms with van der Waals surface area (Å²) in [6, 6.07) is 5.60. The Morgan fingerprint density at radius 1 is 1.25 bits per heavy atom. The quantitative estimate of drug-likeness (QED) is 0.787. The SMILES string of the molecule is O=C1c2ccccc2[C@](O)(C(=O)O)[C@@]1(O)CC=C(Cl)Cl. The number of carboxylic acids is 1. The second-order valence-corrected chi connectivity index (χ2v) is 5.46. The van der Waals surface area contributed by atoms with Crippen LogP contribution < -0.4 is 0 Å². The van der Waals surface area contributed by atoms with Crippen LogP contribution in [0.5, 0.6) is 0 Å². The molecule has 20 heavy (non-hydrogen) atoms. The van der Waals surface area contributed by atoms with Gasteiger partial charge in [0.25, 0.3) is 0 Å². The van der Waals surface area contributed by atoms with Gasteiger partial charge < -0.3 is 15.3 Å². The number of halogens is 2. The maximum absolute atomic E-state index is 12.3. The zero-order valence-corrected chi connectivity index (χ0v) is 11.5. The Hall–Kier alpha value is -1.40. The van der Waals surface area contributed by atoms with Gasteiger partial charge in [0.2, 0.25) is 5.60 Å². The maximum atomic E-state index is 12.3. The van der Waals surface area contributed by atoms with E-state index < -0.39 is 29.4 Å². The fourth-order valence-corrected chi connectivity index (χ4v) is 2.52. The zero-order valence-electron chi connectivity index (χ0n) is 10.0. The lowest BCUT2D eigenvalue weighted by Gasteiger charge is -2.32. The van der Waals surface area contributed by atoms with E-state index in [4.69, 9.17) is 23.2 Å². The molecule has 1 aliphatic carbocycles. The molecule has 0 bridgehead atoms. The molecule has 0 saturated heterocycles. The number of aliphatic hydroxyl groups is 2. The Morgan fingerprint density at radius 3 is 2.40 bits per heavy atom. The minimum atomic E-state index is -2.75. The first kappa shape index (κ1) is 15.0. The molecule has 3 N–H and O–H groups in total. The molecule has 106 valence electrons. The molecule has 0 heterocycles. The van der Waals surface area contributed by atoms with Crippen molar-refractivity contribution in [3.8, 4) is 0 Å². The molecule has 1 aliphatic rings. The van der Waals surface area contributed by atoms with Gasteiger partial charge in [-0.15, -0.1) is 0 Å². The van der Waals surface area contributed by atoms with Crippen molar-refractivity contribution in [2.45, 2.75) is 17.6 Å². The number of ketones is 1. The Kier molecular flexibility index (Phi) is 3.64. The topological polar surface area (TPSA) is 94.8 Å². The van der Waals surface area contributed by atoms with Crippen LogP contribution >= 0.6 is 23.2 Å². The lowest BCUT2D eigenvalue weighted by Crippen LogP contribution is -2.56. The first-order valence-electron chi connectivity index (χ1n) is 5.58. The average Bonchev–Trinajstić information content (AvgIpc) is 2.58. The summed E-state index contributed by atoms with van der Waals surface area (Å²) in [4.78, 5) is 23.7. The number of carbonyl (C=O) groups excluding carboxylic acids is 1. The molecule has 1 aromatic carbocycles. The molecule has 1 aromatic rings. The second kappa shape index (κ2) is 4.86. The van der Waals surface area contributed by atoms with Crippen molar-refractivity contribution in [1.29, 1.82) is 0 Å². The van der Waals surface area contributed by atoms with E-state index in [1.54, 1.807) is 0 Å². The lowest BCUT2D eigenvalue weighted by atomic mass is 9.80. The summed E-state index contributed by atoms with van der Waals surface area (Å²) in [5, 5.41) is 30.2. The van der Waals surface area contributed by atoms with E-state index in [1.165, 1.54) is 24.3 Å². The van der Waals surface area contributed by atoms with Gasteiger partial charge in [-0.1, -0.05) is 53.5 Å². The van der Waals surface area contributed by atoms with Crippen molar-refractivity contribution in [2.24, 2.45) is 0 Å². The molecule has 0 amide bonds. The number of rotatable bonds is 3. The average molecular weight is 317 g/mol. The van der Waals surface area contributed by atoms with Crippen molar-refractivity contribution in [3.63, 3.8) is 0 Å². The highest BCUT2D eigenvalue weighted by Gasteiger charge is 2.66. The van der Waals surface area contributed by atoms with Crippen LogP contribution in [0.25, 0.3) is 0 Å². The molecular weight excluding hydrogens is 307 g/mol. The predicted molar refractivity (Wildman–Crippen MR) is 71.7 cm³/mol. The highest BCUT2D eigenvalue weighted by molar-refractivity contribution is 6.55. The number of hydrogen-bond donors (Lipinski definition) is 3. The minimum Gasteiger partial charge on any atom is -0.479 e. The number of fused-ring (bicyclic) bond motifs is 1. The highest BCUT2D eigenvalue weighted by atomic mass is 35.5. The van der Waals surface area contributed by atoms with Crippen LogP contribution in [-0.4, -0.2) is 32.7 Å². The van der Waals surface area contributed by atoms with Gasteiger partial charge in [-0.05, 0) is 0 Å². The van der Waals surface area contributed by atoms with E-state index in [0.717, 1.165) is 6.08 Å². The first-order valence-corrected chi connectivity index (χ1v) is 6.34. The maximum Gasteiger partial charge on any atom is 0.344 e. The van der Waals surface area contributed by atoms with Crippen LogP contribution in [0.4, 0.5) is 0 Å². The van der Waals surface area contributed by atoms with Crippen LogP contribution in [0.3, 0.4) is 0 Å². The predicted octanol–water partition coefficient (Wildman–Crippen LogP) is 1.60. The van der Waals surface area contributed by atoms with Crippen molar-refractivity contribution >= 4 is 35.0 Å². The molecule has 0 saturated carbocycles. The number of Topliss-reactive ketones (excluding diaryl/α,β-unsaturated/α-hetero) is 1. The van der Waals surface area contributed by atoms with E-state index in [1.807, 2.05) is 0 Å². The molecule has 7 heteroatoms. The second-order valence-electron chi connectivity index (χ2n) is 4.45. The van der Waals surface area contributed by atoms with Crippen molar-refractivity contribution < 1.29 is 24.9 Å². The van der Waals surface area contributed by atoms with Crippen LogP contribution in [0.15, 0.2) is 34.8 Å². The van der Waals surface area contributed by atoms with Gasteiger partial charge in [-0.3, -0.25) is 4.79 Å². The summed E-state index contributed by atoms with van der Waals surface area (Å²) < 4.78 is -0.241. The Bertz CT molecular complexity index is 623. The van der Waals surface area contributed by atoms with Gasteiger partial charge >= 0.3 is 5.97 Å². The third-order valence-corrected chi connectivity index (χ3v) is 3.71. The number of aliphatic carboxylic acids is 1. The van der Waals surface area contributed by atoms with Gasteiger partial charge in [0.1, 0.15) is 4.49 Å². The Morgan fingerprint density at radius 2 is 1.85 bits per heavy atom. The van der Waals surface area contributed by atoms with Crippen LogP contribution in [0.1, 0.15) is 22.3 Å². The number of benzene rings is 1. The van der Waals surface area contributed by atoms with E-state index in [0.29, 0.717) is 0 Å². The summed E-state index contributed by atoms with van der Waals surface area (Å²) in [6.07, 6.45) is 0.548. The monoisotopic (exact) mass is 316 g/mol. The molecule has 0 unspecified atom stereocenters. The van der Waals surface area contributed by atoms with Crippen molar-refractivity contribution in [3.05, 3.63) is 46.0 Å². The van der Waals surface area contributed by atoms with Gasteiger partial charge in [-0.25, -0.2) is 4.79 Å². The van der Waals surface area contributed by atoms with Crippen LogP contribution in [-0.2, 0) is 10.4 Å². The van der Waals surface area contributed by atoms with Crippen LogP contribution in [0.2, 0.25) is 0 Å². The molecule has 0 fully saturated rings. The Labute approximate surface area is 124 Å². The number of carbonyl (C=O) groups is 2. The minimum absolute atomic E-state index is 0.0426. The van der Waals surface area contributed by atoms with Gasteiger partial charge in [0.05, 0.1) is 0 Å². The van der Waals surface area contributed by atoms with Gasteiger partial charge in [0, 0.05) is 17.5 Å². The van der Waals surface area contributed by atoms with Crippen LogP contribution in [0, 0.1) is 0 Å². The summed E-state index contributed by atoms with van der Waals surface area (Å²) in [6.45, 7) is 0. The molecule has 0 aromatic heterocycles. The van der Waals surface area contributed by atoms with E-state index in [9.17, 15) is 24.9 Å². The summed E-state index contributed by atoms with van der Waals surface area (Å²) in [5.41, 5.74) is -5.50. The molecule has 5 nitrogen and oxygen atoms in total. The van der Waals surface area contributed by atoms with Gasteiger partial charge in [0.15, 0.2) is 11.4 Å². The number of carboxylic acid groups (broad SMARTS) is 1. The fraction of sp³-hybridized carbons (Fsp3) is 0.231.